The van der Waals surface area contributed by atoms with Gasteiger partial charge in [0.05, 0.1) is 7.11 Å². The van der Waals surface area contributed by atoms with Crippen LogP contribution >= 0.6 is 0 Å². The van der Waals surface area contributed by atoms with Crippen LogP contribution in [0.3, 0.4) is 0 Å². The average Bonchev–Trinajstić information content (AvgIpc) is 2.47. The van der Waals surface area contributed by atoms with E-state index < -0.39 is 6.61 Å². The molecule has 0 radical (unpaired) electrons. The lowest BCUT2D eigenvalue weighted by Gasteiger charge is -2.18. The van der Waals surface area contributed by atoms with Gasteiger partial charge >= 0.3 is 6.61 Å². The number of carbonyl (C=O) groups excluding carboxylic acids is 1. The van der Waals surface area contributed by atoms with Crippen LogP contribution in [0.1, 0.15) is 18.4 Å². The molecular formula is C15H22F2N2O3. The number of alkyl halides is 2. The van der Waals surface area contributed by atoms with Crippen molar-refractivity contribution in [3.05, 3.63) is 23.8 Å². The summed E-state index contributed by atoms with van der Waals surface area (Å²) < 4.78 is 34.2. The van der Waals surface area contributed by atoms with Crippen molar-refractivity contribution in [2.45, 2.75) is 26.0 Å². The first kappa shape index (κ1) is 18.2. The number of halogens is 2. The maximum atomic E-state index is 12.4. The molecule has 0 saturated carbocycles. The zero-order chi connectivity index (χ0) is 16.5. The Labute approximate surface area is 129 Å². The molecule has 0 unspecified atom stereocenters. The number of methoxy groups -OCH3 is 1. The molecule has 0 bridgehead atoms. The standard InChI is InChI=1S/C15H22F2N2O3/c1-18-8-4-5-14(20)19(2)10-11-6-7-12(21-3)13(9-11)22-15(16)17/h6-7,9,15,18H,4-5,8,10H2,1-3H3. The summed E-state index contributed by atoms with van der Waals surface area (Å²) in [6.07, 6.45) is 1.19. The lowest BCUT2D eigenvalue weighted by molar-refractivity contribution is -0.130. The monoisotopic (exact) mass is 316 g/mol. The number of nitrogens with one attached hydrogen (secondary N) is 1. The maximum Gasteiger partial charge on any atom is 0.387 e. The largest absolute Gasteiger partial charge is 0.493 e. The van der Waals surface area contributed by atoms with Gasteiger partial charge in [-0.15, -0.1) is 0 Å². The first-order chi connectivity index (χ1) is 10.5. The van der Waals surface area contributed by atoms with Gasteiger partial charge < -0.3 is 19.7 Å². The quantitative estimate of drug-likeness (QED) is 0.710. The summed E-state index contributed by atoms with van der Waals surface area (Å²) in [5, 5.41) is 2.98. The minimum Gasteiger partial charge on any atom is -0.493 e. The van der Waals surface area contributed by atoms with E-state index in [1.807, 2.05) is 7.05 Å². The molecule has 1 aromatic carbocycles. The fourth-order valence-electron chi connectivity index (χ4n) is 1.98. The Morgan fingerprint density at radius 3 is 2.68 bits per heavy atom. The molecule has 1 amide bonds. The number of rotatable bonds is 9. The highest BCUT2D eigenvalue weighted by Crippen LogP contribution is 2.29. The molecule has 1 rings (SSSR count). The van der Waals surface area contributed by atoms with Crippen molar-refractivity contribution in [2.75, 3.05) is 27.7 Å². The topological polar surface area (TPSA) is 50.8 Å². The van der Waals surface area contributed by atoms with Crippen molar-refractivity contribution in [2.24, 2.45) is 0 Å². The van der Waals surface area contributed by atoms with Crippen LogP contribution in [-0.2, 0) is 11.3 Å². The third-order valence-electron chi connectivity index (χ3n) is 3.11. The first-order valence-corrected chi connectivity index (χ1v) is 6.98. The lowest BCUT2D eigenvalue weighted by Crippen LogP contribution is -2.26. The molecule has 22 heavy (non-hydrogen) atoms. The Morgan fingerprint density at radius 2 is 2.09 bits per heavy atom. The third-order valence-corrected chi connectivity index (χ3v) is 3.11. The van der Waals surface area contributed by atoms with Crippen molar-refractivity contribution < 1.29 is 23.0 Å². The van der Waals surface area contributed by atoms with Gasteiger partial charge in [-0.1, -0.05) is 6.07 Å². The van der Waals surface area contributed by atoms with E-state index in [2.05, 4.69) is 10.1 Å². The summed E-state index contributed by atoms with van der Waals surface area (Å²) in [6, 6.07) is 4.73. The van der Waals surface area contributed by atoms with Crippen molar-refractivity contribution in [3.63, 3.8) is 0 Å². The molecule has 7 heteroatoms. The van der Waals surface area contributed by atoms with E-state index in [1.54, 1.807) is 24.1 Å². The summed E-state index contributed by atoms with van der Waals surface area (Å²) >= 11 is 0. The molecule has 124 valence electrons. The Morgan fingerprint density at radius 1 is 1.36 bits per heavy atom. The van der Waals surface area contributed by atoms with Crippen LogP contribution in [0.2, 0.25) is 0 Å². The smallest absolute Gasteiger partial charge is 0.387 e. The van der Waals surface area contributed by atoms with E-state index in [9.17, 15) is 13.6 Å². The first-order valence-electron chi connectivity index (χ1n) is 6.98. The average molecular weight is 316 g/mol. The van der Waals surface area contributed by atoms with Crippen LogP contribution in [0.4, 0.5) is 8.78 Å². The fraction of sp³-hybridized carbons (Fsp3) is 0.533. The van der Waals surface area contributed by atoms with Crippen molar-refractivity contribution >= 4 is 5.91 Å². The third kappa shape index (κ3) is 5.85. The number of carbonyl (C=O) groups is 1. The van der Waals surface area contributed by atoms with Crippen LogP contribution in [0, 0.1) is 0 Å². The molecule has 1 aromatic rings. The van der Waals surface area contributed by atoms with E-state index in [0.717, 1.165) is 13.0 Å². The molecule has 1 N–H and O–H groups in total. The van der Waals surface area contributed by atoms with Crippen molar-refractivity contribution in [3.8, 4) is 11.5 Å². The van der Waals surface area contributed by atoms with Gasteiger partial charge in [0.15, 0.2) is 11.5 Å². The van der Waals surface area contributed by atoms with Crippen LogP contribution in [0.25, 0.3) is 0 Å². The van der Waals surface area contributed by atoms with Gasteiger partial charge in [0, 0.05) is 20.0 Å². The number of nitrogens with zero attached hydrogens (tertiary/aromatic N) is 1. The number of ether oxygens (including phenoxy) is 2. The van der Waals surface area contributed by atoms with E-state index in [4.69, 9.17) is 4.74 Å². The van der Waals surface area contributed by atoms with E-state index in [1.165, 1.54) is 13.2 Å². The molecule has 0 aliphatic carbocycles. The molecule has 0 aliphatic heterocycles. The van der Waals surface area contributed by atoms with Crippen LogP contribution in [-0.4, -0.2) is 45.2 Å². The van der Waals surface area contributed by atoms with Gasteiger partial charge in [-0.3, -0.25) is 4.79 Å². The summed E-state index contributed by atoms with van der Waals surface area (Å²) in [4.78, 5) is 13.5. The number of amides is 1. The molecule has 0 heterocycles. The Hall–Kier alpha value is -1.89. The van der Waals surface area contributed by atoms with Crippen LogP contribution in [0.15, 0.2) is 18.2 Å². The lowest BCUT2D eigenvalue weighted by atomic mass is 10.2. The zero-order valence-corrected chi connectivity index (χ0v) is 13.1. The van der Waals surface area contributed by atoms with Crippen molar-refractivity contribution in [1.29, 1.82) is 0 Å². The Kier molecular flexibility index (Phi) is 7.59. The minimum absolute atomic E-state index is 0.00222. The van der Waals surface area contributed by atoms with E-state index >= 15 is 0 Å². The normalized spacial score (nSPS) is 10.6. The highest BCUT2D eigenvalue weighted by Gasteiger charge is 2.14. The Balaban J connectivity index is 2.70. The SMILES string of the molecule is CNCCCC(=O)N(C)Cc1ccc(OC)c(OC(F)F)c1. The molecule has 0 fully saturated rings. The second-order valence-electron chi connectivity index (χ2n) is 4.82. The molecule has 0 saturated heterocycles. The van der Waals surface area contributed by atoms with Crippen LogP contribution in [0.5, 0.6) is 11.5 Å². The molecule has 0 atom stereocenters. The van der Waals surface area contributed by atoms with Gasteiger partial charge in [0.25, 0.3) is 0 Å². The Bertz CT molecular complexity index is 484. The van der Waals surface area contributed by atoms with Gasteiger partial charge in [-0.2, -0.15) is 8.78 Å². The molecule has 0 aromatic heterocycles. The highest BCUT2D eigenvalue weighted by atomic mass is 19.3. The molecule has 0 aliphatic rings. The predicted molar refractivity (Wildman–Crippen MR) is 79.3 cm³/mol. The summed E-state index contributed by atoms with van der Waals surface area (Å²) in [6.45, 7) is -1.83. The zero-order valence-electron chi connectivity index (χ0n) is 13.1. The van der Waals surface area contributed by atoms with Gasteiger partial charge in [-0.05, 0) is 37.7 Å². The fourth-order valence-corrected chi connectivity index (χ4v) is 1.98. The summed E-state index contributed by atoms with van der Waals surface area (Å²) in [5.74, 6) is 0.195. The van der Waals surface area contributed by atoms with E-state index in [-0.39, 0.29) is 17.4 Å². The second-order valence-corrected chi connectivity index (χ2v) is 4.82. The number of hydrogen-bond donors (Lipinski definition) is 1. The number of hydrogen-bond acceptors (Lipinski definition) is 4. The predicted octanol–water partition coefficient (Wildman–Crippen LogP) is 2.25. The van der Waals surface area contributed by atoms with Crippen molar-refractivity contribution in [1.82, 2.24) is 10.2 Å². The molecule has 5 nitrogen and oxygen atoms in total. The minimum atomic E-state index is -2.93. The van der Waals surface area contributed by atoms with E-state index in [0.29, 0.717) is 18.5 Å². The summed E-state index contributed by atoms with van der Waals surface area (Å²) in [7, 11) is 4.89. The summed E-state index contributed by atoms with van der Waals surface area (Å²) in [5.41, 5.74) is 0.695. The van der Waals surface area contributed by atoms with Gasteiger partial charge in [-0.25, -0.2) is 0 Å². The highest BCUT2D eigenvalue weighted by molar-refractivity contribution is 5.75. The second kappa shape index (κ2) is 9.19. The number of benzene rings is 1. The molecule has 0 spiro atoms. The van der Waals surface area contributed by atoms with Gasteiger partial charge in [0.2, 0.25) is 5.91 Å². The molecular weight excluding hydrogens is 294 g/mol. The van der Waals surface area contributed by atoms with Crippen LogP contribution < -0.4 is 14.8 Å². The van der Waals surface area contributed by atoms with Gasteiger partial charge in [0.1, 0.15) is 0 Å². The maximum absolute atomic E-state index is 12.4.